The van der Waals surface area contributed by atoms with Crippen LogP contribution in [0.1, 0.15) is 27.0 Å². The van der Waals surface area contributed by atoms with Crippen LogP contribution in [0.2, 0.25) is 0 Å². The number of nitrogens with zero attached hydrogens (tertiary/aromatic N) is 2. The Bertz CT molecular complexity index is 904. The molecule has 0 bridgehead atoms. The van der Waals surface area contributed by atoms with Crippen LogP contribution in [0.4, 0.5) is 16.0 Å². The van der Waals surface area contributed by atoms with Crippen LogP contribution in [0.3, 0.4) is 0 Å². The first-order valence-electron chi connectivity index (χ1n) is 8.71. The minimum absolute atomic E-state index is 0.245. The fourth-order valence-corrected chi connectivity index (χ4v) is 2.70. The number of aryl methyl sites for hydroxylation is 2. The van der Waals surface area contributed by atoms with Gasteiger partial charge >= 0.3 is 0 Å². The maximum Gasteiger partial charge on any atom is 0.258 e. The molecule has 0 saturated carbocycles. The molecule has 27 heavy (non-hydrogen) atoms. The van der Waals surface area contributed by atoms with Gasteiger partial charge in [-0.1, -0.05) is 30.3 Å². The Kier molecular flexibility index (Phi) is 5.76. The van der Waals surface area contributed by atoms with Crippen LogP contribution in [0.5, 0.6) is 0 Å². The smallest absolute Gasteiger partial charge is 0.258 e. The van der Waals surface area contributed by atoms with Crippen molar-refractivity contribution in [3.8, 4) is 0 Å². The van der Waals surface area contributed by atoms with Crippen LogP contribution in [0.25, 0.3) is 0 Å². The highest BCUT2D eigenvalue weighted by molar-refractivity contribution is 6.04. The highest BCUT2D eigenvalue weighted by atomic mass is 19.1. The molecule has 2 aromatic carbocycles. The number of amides is 1. The summed E-state index contributed by atoms with van der Waals surface area (Å²) in [6.07, 6.45) is 3.71. The number of carbonyl (C=O) groups excluding carboxylic acids is 1. The van der Waals surface area contributed by atoms with Crippen molar-refractivity contribution in [1.82, 2.24) is 9.97 Å². The second-order valence-corrected chi connectivity index (χ2v) is 6.32. The van der Waals surface area contributed by atoms with Gasteiger partial charge in [-0.2, -0.15) is 0 Å². The minimum Gasteiger partial charge on any atom is -0.354 e. The monoisotopic (exact) mass is 364 g/mol. The zero-order chi connectivity index (χ0) is 19.2. The van der Waals surface area contributed by atoms with E-state index in [0.29, 0.717) is 18.1 Å². The quantitative estimate of drug-likeness (QED) is 0.690. The molecule has 0 aliphatic rings. The molecule has 0 unspecified atom stereocenters. The van der Waals surface area contributed by atoms with Crippen molar-refractivity contribution in [2.24, 2.45) is 0 Å². The standard InChI is InChI=1S/C21H21FN4O/c1-14-4-3-5-15(2)19(14)26-20(27)17-12-24-21(25-13-17)23-11-10-16-6-8-18(22)9-7-16/h3-9,12-13H,10-11H2,1-2H3,(H,26,27)(H,23,24,25). The predicted octanol–water partition coefficient (Wildman–Crippen LogP) is 4.14. The topological polar surface area (TPSA) is 66.9 Å². The van der Waals surface area contributed by atoms with E-state index in [9.17, 15) is 9.18 Å². The fourth-order valence-electron chi connectivity index (χ4n) is 2.70. The van der Waals surface area contributed by atoms with Gasteiger partial charge in [0.1, 0.15) is 5.82 Å². The fraction of sp³-hybridized carbons (Fsp3) is 0.190. The molecule has 1 heterocycles. The summed E-state index contributed by atoms with van der Waals surface area (Å²) in [5.41, 5.74) is 4.23. The third kappa shape index (κ3) is 4.88. The van der Waals surface area contributed by atoms with Gasteiger partial charge in [-0.3, -0.25) is 4.79 Å². The van der Waals surface area contributed by atoms with Crippen molar-refractivity contribution in [2.45, 2.75) is 20.3 Å². The summed E-state index contributed by atoms with van der Waals surface area (Å²) in [4.78, 5) is 20.8. The molecule has 0 aliphatic carbocycles. The third-order valence-electron chi connectivity index (χ3n) is 4.24. The number of aromatic nitrogens is 2. The lowest BCUT2D eigenvalue weighted by atomic mass is 10.1. The third-order valence-corrected chi connectivity index (χ3v) is 4.24. The molecule has 3 rings (SSSR count). The van der Waals surface area contributed by atoms with Gasteiger partial charge < -0.3 is 10.6 Å². The minimum atomic E-state index is -0.246. The number of hydrogen-bond donors (Lipinski definition) is 2. The van der Waals surface area contributed by atoms with E-state index in [1.165, 1.54) is 24.5 Å². The summed E-state index contributed by atoms with van der Waals surface area (Å²) in [5.74, 6) is -0.0456. The van der Waals surface area contributed by atoms with Crippen molar-refractivity contribution < 1.29 is 9.18 Å². The molecule has 3 aromatic rings. The molecule has 6 heteroatoms. The SMILES string of the molecule is Cc1cccc(C)c1NC(=O)c1cnc(NCCc2ccc(F)cc2)nc1. The van der Waals surface area contributed by atoms with E-state index in [4.69, 9.17) is 0 Å². The molecular weight excluding hydrogens is 343 g/mol. The lowest BCUT2D eigenvalue weighted by molar-refractivity contribution is 0.102. The van der Waals surface area contributed by atoms with Crippen molar-refractivity contribution >= 4 is 17.5 Å². The zero-order valence-corrected chi connectivity index (χ0v) is 15.3. The number of hydrogen-bond acceptors (Lipinski definition) is 4. The summed E-state index contributed by atoms with van der Waals surface area (Å²) < 4.78 is 12.9. The van der Waals surface area contributed by atoms with E-state index < -0.39 is 0 Å². The Morgan fingerprint density at radius 2 is 1.63 bits per heavy atom. The largest absolute Gasteiger partial charge is 0.354 e. The van der Waals surface area contributed by atoms with Gasteiger partial charge in [-0.15, -0.1) is 0 Å². The summed E-state index contributed by atoms with van der Waals surface area (Å²) in [6, 6.07) is 12.2. The molecule has 0 radical (unpaired) electrons. The maximum absolute atomic E-state index is 12.9. The second-order valence-electron chi connectivity index (χ2n) is 6.32. The van der Waals surface area contributed by atoms with Gasteiger partial charge in [-0.05, 0) is 49.1 Å². The average molecular weight is 364 g/mol. The molecule has 2 N–H and O–H groups in total. The van der Waals surface area contributed by atoms with E-state index in [-0.39, 0.29) is 11.7 Å². The van der Waals surface area contributed by atoms with E-state index >= 15 is 0 Å². The molecule has 0 saturated heterocycles. The van der Waals surface area contributed by atoms with Gasteiger partial charge in [0, 0.05) is 24.6 Å². The van der Waals surface area contributed by atoms with Gasteiger partial charge in [0.2, 0.25) is 5.95 Å². The highest BCUT2D eigenvalue weighted by Crippen LogP contribution is 2.20. The Balaban J connectivity index is 1.56. The first-order valence-corrected chi connectivity index (χ1v) is 8.71. The molecule has 138 valence electrons. The molecule has 0 fully saturated rings. The summed E-state index contributed by atoms with van der Waals surface area (Å²) in [5, 5.41) is 6.01. The highest BCUT2D eigenvalue weighted by Gasteiger charge is 2.10. The number of para-hydroxylation sites is 1. The second kappa shape index (κ2) is 8.40. The van der Waals surface area contributed by atoms with Gasteiger partial charge in [-0.25, -0.2) is 14.4 Å². The number of rotatable bonds is 6. The van der Waals surface area contributed by atoms with E-state index in [1.807, 2.05) is 32.0 Å². The number of benzene rings is 2. The van der Waals surface area contributed by atoms with Crippen molar-refractivity contribution in [2.75, 3.05) is 17.2 Å². The van der Waals surface area contributed by atoms with E-state index in [0.717, 1.165) is 28.8 Å². The molecule has 0 aliphatic heterocycles. The molecular formula is C21H21FN4O. The molecule has 0 atom stereocenters. The predicted molar refractivity (Wildman–Crippen MR) is 104 cm³/mol. The lowest BCUT2D eigenvalue weighted by Crippen LogP contribution is -2.15. The Morgan fingerprint density at radius 1 is 1.00 bits per heavy atom. The number of anilines is 2. The van der Waals surface area contributed by atoms with Crippen LogP contribution < -0.4 is 10.6 Å². The number of carbonyl (C=O) groups is 1. The maximum atomic E-state index is 12.9. The van der Waals surface area contributed by atoms with Crippen molar-refractivity contribution in [3.63, 3.8) is 0 Å². The summed E-state index contributed by atoms with van der Waals surface area (Å²) in [6.45, 7) is 4.51. The Labute approximate surface area is 157 Å². The van der Waals surface area contributed by atoms with Crippen LogP contribution in [0, 0.1) is 19.7 Å². The normalized spacial score (nSPS) is 10.5. The number of nitrogens with one attached hydrogen (secondary N) is 2. The van der Waals surface area contributed by atoms with Crippen LogP contribution in [-0.4, -0.2) is 22.4 Å². The first kappa shape index (κ1) is 18.5. The molecule has 0 spiro atoms. The van der Waals surface area contributed by atoms with Gasteiger partial charge in [0.15, 0.2) is 0 Å². The van der Waals surface area contributed by atoms with Gasteiger partial charge in [0.05, 0.1) is 5.56 Å². The average Bonchev–Trinajstić information content (AvgIpc) is 2.67. The van der Waals surface area contributed by atoms with Crippen LogP contribution >= 0.6 is 0 Å². The zero-order valence-electron chi connectivity index (χ0n) is 15.3. The molecule has 5 nitrogen and oxygen atoms in total. The molecule has 1 amide bonds. The van der Waals surface area contributed by atoms with Gasteiger partial charge in [0.25, 0.3) is 5.91 Å². The number of halogens is 1. The Hall–Kier alpha value is -3.28. The van der Waals surface area contributed by atoms with E-state index in [2.05, 4.69) is 20.6 Å². The van der Waals surface area contributed by atoms with Crippen LogP contribution in [-0.2, 0) is 6.42 Å². The first-order chi connectivity index (χ1) is 13.0. The molecule has 1 aromatic heterocycles. The summed E-state index contributed by atoms with van der Waals surface area (Å²) in [7, 11) is 0. The summed E-state index contributed by atoms with van der Waals surface area (Å²) >= 11 is 0. The van der Waals surface area contributed by atoms with Crippen molar-refractivity contribution in [3.05, 3.63) is 82.9 Å². The van der Waals surface area contributed by atoms with Crippen molar-refractivity contribution in [1.29, 1.82) is 0 Å². The lowest BCUT2D eigenvalue weighted by Gasteiger charge is -2.11. The van der Waals surface area contributed by atoms with Crippen LogP contribution in [0.15, 0.2) is 54.9 Å². The van der Waals surface area contributed by atoms with E-state index in [1.54, 1.807) is 12.1 Å². The Morgan fingerprint density at radius 3 is 2.26 bits per heavy atom.